The summed E-state index contributed by atoms with van der Waals surface area (Å²) in [5.74, 6) is 0. The summed E-state index contributed by atoms with van der Waals surface area (Å²) in [5, 5.41) is 3.50. The van der Waals surface area contributed by atoms with Crippen LogP contribution in [-0.4, -0.2) is 64.6 Å². The fraction of sp³-hybridized carbons (Fsp3) is 1.00. The molecule has 0 aromatic heterocycles. The molecule has 0 bridgehead atoms. The predicted molar refractivity (Wildman–Crippen MR) is 75.0 cm³/mol. The monoisotopic (exact) mass is 258 g/mol. The maximum atomic E-state index is 5.73. The van der Waals surface area contributed by atoms with Crippen molar-refractivity contribution < 1.29 is 9.47 Å². The van der Waals surface area contributed by atoms with Crippen molar-refractivity contribution in [1.29, 1.82) is 0 Å². The number of nitrogens with one attached hydrogen (secondary N) is 1. The number of hydrogen-bond acceptors (Lipinski definition) is 4. The Labute approximate surface area is 112 Å². The lowest BCUT2D eigenvalue weighted by Crippen LogP contribution is -2.50. The minimum absolute atomic E-state index is 0.269. The first-order chi connectivity index (χ1) is 8.63. The number of ether oxygens (including phenoxy) is 2. The van der Waals surface area contributed by atoms with Gasteiger partial charge in [0.25, 0.3) is 0 Å². The molecule has 0 saturated carbocycles. The average Bonchev–Trinajstić information content (AvgIpc) is 2.38. The van der Waals surface area contributed by atoms with Crippen LogP contribution in [0.1, 0.15) is 26.7 Å². The molecule has 1 heterocycles. The molecule has 1 saturated heterocycles. The van der Waals surface area contributed by atoms with Crippen LogP contribution in [-0.2, 0) is 9.47 Å². The molecule has 108 valence electrons. The van der Waals surface area contributed by atoms with Gasteiger partial charge in [0.1, 0.15) is 0 Å². The first kappa shape index (κ1) is 15.9. The van der Waals surface area contributed by atoms with Gasteiger partial charge in [-0.1, -0.05) is 6.92 Å². The highest BCUT2D eigenvalue weighted by Gasteiger charge is 2.34. The zero-order valence-corrected chi connectivity index (χ0v) is 12.5. The normalized spacial score (nSPS) is 26.5. The van der Waals surface area contributed by atoms with Gasteiger partial charge in [0, 0.05) is 38.3 Å². The van der Waals surface area contributed by atoms with E-state index < -0.39 is 0 Å². The van der Waals surface area contributed by atoms with Crippen LogP contribution in [0.3, 0.4) is 0 Å². The Balaban J connectivity index is 2.54. The molecule has 1 rings (SSSR count). The van der Waals surface area contributed by atoms with E-state index in [9.17, 15) is 0 Å². The third kappa shape index (κ3) is 4.84. The molecule has 4 heteroatoms. The van der Waals surface area contributed by atoms with Crippen LogP contribution in [0.5, 0.6) is 0 Å². The number of likely N-dealkylation sites (N-methyl/N-ethyl adjacent to an activating group) is 1. The molecule has 1 fully saturated rings. The van der Waals surface area contributed by atoms with E-state index in [0.717, 1.165) is 39.5 Å². The van der Waals surface area contributed by atoms with Crippen LogP contribution in [0.4, 0.5) is 0 Å². The molecule has 4 nitrogen and oxygen atoms in total. The number of rotatable bonds is 8. The lowest BCUT2D eigenvalue weighted by atomic mass is 9.81. The van der Waals surface area contributed by atoms with E-state index in [-0.39, 0.29) is 5.41 Å². The van der Waals surface area contributed by atoms with Crippen molar-refractivity contribution in [1.82, 2.24) is 10.2 Å². The van der Waals surface area contributed by atoms with Crippen LogP contribution >= 0.6 is 0 Å². The Morgan fingerprint density at radius 3 is 2.83 bits per heavy atom. The molecule has 0 aromatic rings. The standard InChI is InChI=1S/C14H30N2O2/c1-5-15-10-14(7-6-8-18-12-14)11-16(3)13(2)9-17-4/h13,15H,5-12H2,1-4H3. The molecule has 1 aliphatic rings. The van der Waals surface area contributed by atoms with Gasteiger partial charge < -0.3 is 19.7 Å². The highest BCUT2D eigenvalue weighted by atomic mass is 16.5. The molecule has 0 radical (unpaired) electrons. The molecule has 0 spiro atoms. The second-order valence-corrected chi connectivity index (χ2v) is 5.66. The fourth-order valence-electron chi connectivity index (χ4n) is 2.67. The average molecular weight is 258 g/mol. The van der Waals surface area contributed by atoms with Crippen molar-refractivity contribution in [3.05, 3.63) is 0 Å². The SMILES string of the molecule is CCNCC1(CN(C)C(C)COC)CCCOC1. The summed E-state index contributed by atoms with van der Waals surface area (Å²) in [6.45, 7) is 10.1. The van der Waals surface area contributed by atoms with Gasteiger partial charge in [-0.2, -0.15) is 0 Å². The maximum absolute atomic E-state index is 5.73. The summed E-state index contributed by atoms with van der Waals surface area (Å²) in [5.41, 5.74) is 0.269. The van der Waals surface area contributed by atoms with E-state index in [1.54, 1.807) is 7.11 Å². The molecular formula is C14H30N2O2. The molecule has 0 aromatic carbocycles. The van der Waals surface area contributed by atoms with Gasteiger partial charge in [-0.15, -0.1) is 0 Å². The van der Waals surface area contributed by atoms with E-state index >= 15 is 0 Å². The van der Waals surface area contributed by atoms with Gasteiger partial charge in [-0.25, -0.2) is 0 Å². The summed E-state index contributed by atoms with van der Waals surface area (Å²) in [6, 6.07) is 0.454. The van der Waals surface area contributed by atoms with Crippen molar-refractivity contribution in [2.75, 3.05) is 53.6 Å². The van der Waals surface area contributed by atoms with Crippen LogP contribution in [0.25, 0.3) is 0 Å². The minimum atomic E-state index is 0.269. The molecule has 2 atom stereocenters. The number of hydrogen-bond donors (Lipinski definition) is 1. The molecular weight excluding hydrogens is 228 g/mol. The quantitative estimate of drug-likeness (QED) is 0.713. The fourth-order valence-corrected chi connectivity index (χ4v) is 2.67. The van der Waals surface area contributed by atoms with Gasteiger partial charge in [0.15, 0.2) is 0 Å². The predicted octanol–water partition coefficient (Wildman–Crippen LogP) is 1.36. The molecule has 2 unspecified atom stereocenters. The van der Waals surface area contributed by atoms with Crippen LogP contribution in [0.15, 0.2) is 0 Å². The third-order valence-corrected chi connectivity index (χ3v) is 3.90. The van der Waals surface area contributed by atoms with E-state index in [4.69, 9.17) is 9.47 Å². The number of methoxy groups -OCH3 is 1. The Morgan fingerprint density at radius 1 is 1.50 bits per heavy atom. The van der Waals surface area contributed by atoms with Gasteiger partial charge in [0.05, 0.1) is 13.2 Å². The summed E-state index contributed by atoms with van der Waals surface area (Å²) in [6.07, 6.45) is 2.43. The van der Waals surface area contributed by atoms with Crippen LogP contribution < -0.4 is 5.32 Å². The third-order valence-electron chi connectivity index (χ3n) is 3.90. The highest BCUT2D eigenvalue weighted by Crippen LogP contribution is 2.29. The molecule has 1 N–H and O–H groups in total. The largest absolute Gasteiger partial charge is 0.383 e. The maximum Gasteiger partial charge on any atom is 0.0615 e. The van der Waals surface area contributed by atoms with E-state index in [0.29, 0.717) is 6.04 Å². The smallest absolute Gasteiger partial charge is 0.0615 e. The second kappa shape index (κ2) is 8.10. The van der Waals surface area contributed by atoms with Crippen molar-refractivity contribution in [2.24, 2.45) is 5.41 Å². The Bertz CT molecular complexity index is 218. The summed E-state index contributed by atoms with van der Waals surface area (Å²) >= 11 is 0. The first-order valence-corrected chi connectivity index (χ1v) is 7.11. The lowest BCUT2D eigenvalue weighted by Gasteiger charge is -2.41. The van der Waals surface area contributed by atoms with Gasteiger partial charge >= 0.3 is 0 Å². The summed E-state index contributed by atoms with van der Waals surface area (Å²) < 4.78 is 11.0. The molecule has 0 amide bonds. The Kier molecular flexibility index (Phi) is 7.15. The van der Waals surface area contributed by atoms with Crippen LogP contribution in [0, 0.1) is 5.41 Å². The molecule has 18 heavy (non-hydrogen) atoms. The Hall–Kier alpha value is -0.160. The van der Waals surface area contributed by atoms with Crippen molar-refractivity contribution in [3.8, 4) is 0 Å². The van der Waals surface area contributed by atoms with Crippen molar-refractivity contribution >= 4 is 0 Å². The van der Waals surface area contributed by atoms with Crippen molar-refractivity contribution in [2.45, 2.75) is 32.7 Å². The van der Waals surface area contributed by atoms with Gasteiger partial charge in [-0.05, 0) is 33.4 Å². The topological polar surface area (TPSA) is 33.7 Å². The molecule has 0 aliphatic carbocycles. The van der Waals surface area contributed by atoms with Crippen molar-refractivity contribution in [3.63, 3.8) is 0 Å². The van der Waals surface area contributed by atoms with Gasteiger partial charge in [0.2, 0.25) is 0 Å². The minimum Gasteiger partial charge on any atom is -0.383 e. The van der Waals surface area contributed by atoms with E-state index in [2.05, 4.69) is 31.1 Å². The summed E-state index contributed by atoms with van der Waals surface area (Å²) in [7, 11) is 3.95. The lowest BCUT2D eigenvalue weighted by molar-refractivity contribution is -0.0315. The summed E-state index contributed by atoms with van der Waals surface area (Å²) in [4.78, 5) is 2.40. The highest BCUT2D eigenvalue weighted by molar-refractivity contribution is 4.87. The first-order valence-electron chi connectivity index (χ1n) is 7.11. The van der Waals surface area contributed by atoms with E-state index in [1.807, 2.05) is 0 Å². The van der Waals surface area contributed by atoms with Crippen LogP contribution in [0.2, 0.25) is 0 Å². The van der Waals surface area contributed by atoms with Gasteiger partial charge in [-0.3, -0.25) is 0 Å². The second-order valence-electron chi connectivity index (χ2n) is 5.66. The zero-order valence-electron chi connectivity index (χ0n) is 12.5. The molecule has 1 aliphatic heterocycles. The zero-order chi connectivity index (χ0) is 13.4. The number of nitrogens with zero attached hydrogens (tertiary/aromatic N) is 1. The Morgan fingerprint density at radius 2 is 2.28 bits per heavy atom. The van der Waals surface area contributed by atoms with E-state index in [1.165, 1.54) is 12.8 Å².